The maximum atomic E-state index is 14.1. The number of rotatable bonds is 8. The first-order valence-corrected chi connectivity index (χ1v) is 13.0. The fraction of sp³-hybridized carbons (Fsp3) is 0.259. The van der Waals surface area contributed by atoms with Gasteiger partial charge >= 0.3 is 0 Å². The van der Waals surface area contributed by atoms with Crippen LogP contribution in [0.2, 0.25) is 5.02 Å². The Kier molecular flexibility index (Phi) is 7.03. The predicted octanol–water partition coefficient (Wildman–Crippen LogP) is 6.26. The Hall–Kier alpha value is -2.80. The zero-order valence-corrected chi connectivity index (χ0v) is 21.4. The minimum Gasteiger partial charge on any atom is -0.489 e. The van der Waals surface area contributed by atoms with E-state index in [-0.39, 0.29) is 4.90 Å². The van der Waals surface area contributed by atoms with Crippen molar-refractivity contribution in [2.75, 3.05) is 27.2 Å². The number of hydrogen-bond acceptors (Lipinski definition) is 4. The van der Waals surface area contributed by atoms with Crippen LogP contribution in [-0.4, -0.2) is 44.5 Å². The molecule has 0 spiro atoms. The minimum atomic E-state index is -3.94. The molecule has 4 aromatic rings. The Morgan fingerprint density at radius 1 is 0.971 bits per heavy atom. The zero-order chi connectivity index (χ0) is 24.5. The summed E-state index contributed by atoms with van der Waals surface area (Å²) in [5, 5.41) is 1.17. The van der Waals surface area contributed by atoms with Gasteiger partial charge in [-0.25, -0.2) is 12.4 Å². The molecule has 0 amide bonds. The molecule has 5 nitrogen and oxygen atoms in total. The largest absolute Gasteiger partial charge is 0.489 e. The van der Waals surface area contributed by atoms with Crippen molar-refractivity contribution in [2.24, 2.45) is 0 Å². The molecule has 0 bridgehead atoms. The van der Waals surface area contributed by atoms with Crippen LogP contribution in [0.1, 0.15) is 25.3 Å². The predicted molar refractivity (Wildman–Crippen MR) is 140 cm³/mol. The molecule has 0 N–H and O–H groups in total. The van der Waals surface area contributed by atoms with Crippen molar-refractivity contribution in [3.8, 4) is 17.0 Å². The molecule has 7 heteroatoms. The molecule has 0 saturated heterocycles. The van der Waals surface area contributed by atoms with Gasteiger partial charge in [-0.3, -0.25) is 0 Å². The SMILES string of the molecule is CC(C)c1ccc(S(=O)(=O)n2c(-c3ccccc3)c(OCCN(C)C)c3cc(Cl)ccc32)cc1. The second kappa shape index (κ2) is 9.82. The van der Waals surface area contributed by atoms with Crippen LogP contribution in [-0.2, 0) is 10.0 Å². The Balaban J connectivity index is 2.00. The summed E-state index contributed by atoms with van der Waals surface area (Å²) in [7, 11) is -0.00671. The van der Waals surface area contributed by atoms with Gasteiger partial charge in [-0.2, -0.15) is 0 Å². The number of nitrogens with zero attached hydrogens (tertiary/aromatic N) is 2. The molecule has 3 aromatic carbocycles. The molecule has 0 aliphatic rings. The molecular formula is C27H29ClN2O3S. The van der Waals surface area contributed by atoms with Gasteiger partial charge in [0.2, 0.25) is 0 Å². The maximum absolute atomic E-state index is 14.1. The molecule has 0 fully saturated rings. The lowest BCUT2D eigenvalue weighted by atomic mass is 10.0. The lowest BCUT2D eigenvalue weighted by molar-refractivity contribution is 0.264. The van der Waals surface area contributed by atoms with Crippen LogP contribution in [0.5, 0.6) is 5.75 Å². The van der Waals surface area contributed by atoms with E-state index in [1.54, 1.807) is 30.3 Å². The summed E-state index contributed by atoms with van der Waals surface area (Å²) in [4.78, 5) is 2.24. The molecule has 0 aliphatic heterocycles. The third-order valence-electron chi connectivity index (χ3n) is 5.76. The number of likely N-dealkylation sites (N-methyl/N-ethyl adjacent to an activating group) is 1. The molecule has 0 atom stereocenters. The minimum absolute atomic E-state index is 0.223. The summed E-state index contributed by atoms with van der Waals surface area (Å²) in [6.45, 7) is 5.25. The lowest BCUT2D eigenvalue weighted by Crippen LogP contribution is -2.19. The van der Waals surface area contributed by atoms with E-state index >= 15 is 0 Å². The van der Waals surface area contributed by atoms with E-state index in [1.807, 2.05) is 61.5 Å². The van der Waals surface area contributed by atoms with Gasteiger partial charge in [0.1, 0.15) is 12.3 Å². The summed E-state index contributed by atoms with van der Waals surface area (Å²) < 4.78 is 35.8. The van der Waals surface area contributed by atoms with Gasteiger partial charge < -0.3 is 9.64 Å². The van der Waals surface area contributed by atoms with Crippen molar-refractivity contribution in [1.82, 2.24) is 8.87 Å². The summed E-state index contributed by atoms with van der Waals surface area (Å²) >= 11 is 6.34. The highest BCUT2D eigenvalue weighted by Gasteiger charge is 2.29. The first kappa shape index (κ1) is 24.3. The zero-order valence-electron chi connectivity index (χ0n) is 19.8. The van der Waals surface area contributed by atoms with Gasteiger partial charge in [-0.05, 0) is 55.9 Å². The van der Waals surface area contributed by atoms with Crippen LogP contribution in [0.3, 0.4) is 0 Å². The summed E-state index contributed by atoms with van der Waals surface area (Å²) in [5.74, 6) is 0.816. The topological polar surface area (TPSA) is 51.5 Å². The number of benzene rings is 3. The first-order chi connectivity index (χ1) is 16.2. The Morgan fingerprint density at radius 3 is 2.26 bits per heavy atom. The Morgan fingerprint density at radius 2 is 1.65 bits per heavy atom. The van der Waals surface area contributed by atoms with Crippen molar-refractivity contribution in [3.05, 3.63) is 83.4 Å². The van der Waals surface area contributed by atoms with Crippen LogP contribution in [0.25, 0.3) is 22.2 Å². The average molecular weight is 497 g/mol. The van der Waals surface area contributed by atoms with Crippen LogP contribution in [0.4, 0.5) is 0 Å². The molecule has 1 aromatic heterocycles. The Labute approximate surface area is 206 Å². The molecule has 0 aliphatic carbocycles. The number of halogens is 1. The molecule has 1 heterocycles. The quantitative estimate of drug-likeness (QED) is 0.289. The molecular weight excluding hydrogens is 468 g/mol. The molecule has 0 radical (unpaired) electrons. The van der Waals surface area contributed by atoms with Gasteiger partial charge in [0.25, 0.3) is 10.0 Å². The highest BCUT2D eigenvalue weighted by molar-refractivity contribution is 7.90. The van der Waals surface area contributed by atoms with Gasteiger partial charge in [-0.1, -0.05) is 67.9 Å². The standard InChI is InChI=1S/C27H29ClN2O3S/c1-19(2)20-10-13-23(14-11-20)34(31,32)30-25-15-12-22(28)18-24(25)27(33-17-16-29(3)4)26(30)21-8-6-5-7-9-21/h5-15,18-19H,16-17H2,1-4H3. The highest BCUT2D eigenvalue weighted by Crippen LogP contribution is 2.43. The van der Waals surface area contributed by atoms with Crippen LogP contribution in [0, 0.1) is 0 Å². The molecule has 4 rings (SSSR count). The van der Waals surface area contributed by atoms with Gasteiger partial charge in [-0.15, -0.1) is 0 Å². The second-order valence-electron chi connectivity index (χ2n) is 8.85. The number of hydrogen-bond donors (Lipinski definition) is 0. The summed E-state index contributed by atoms with van der Waals surface area (Å²) in [5.41, 5.74) is 2.84. The van der Waals surface area contributed by atoms with E-state index in [0.29, 0.717) is 46.4 Å². The summed E-state index contributed by atoms with van der Waals surface area (Å²) in [6.07, 6.45) is 0. The fourth-order valence-corrected chi connectivity index (χ4v) is 5.62. The monoisotopic (exact) mass is 496 g/mol. The first-order valence-electron chi connectivity index (χ1n) is 11.2. The molecule has 0 saturated carbocycles. The molecule has 0 unspecified atom stereocenters. The Bertz CT molecular complexity index is 1390. The molecule has 178 valence electrons. The third kappa shape index (κ3) is 4.71. The van der Waals surface area contributed by atoms with E-state index in [9.17, 15) is 8.42 Å². The smallest absolute Gasteiger partial charge is 0.268 e. The lowest BCUT2D eigenvalue weighted by Gasteiger charge is -2.15. The third-order valence-corrected chi connectivity index (χ3v) is 7.72. The van der Waals surface area contributed by atoms with Crippen molar-refractivity contribution >= 4 is 32.5 Å². The van der Waals surface area contributed by atoms with E-state index in [0.717, 1.165) is 11.1 Å². The van der Waals surface area contributed by atoms with Gasteiger partial charge in [0, 0.05) is 22.5 Å². The number of ether oxygens (including phenoxy) is 1. The fourth-order valence-electron chi connectivity index (χ4n) is 3.91. The molecule has 34 heavy (non-hydrogen) atoms. The van der Waals surface area contributed by atoms with Crippen LogP contribution >= 0.6 is 11.6 Å². The van der Waals surface area contributed by atoms with Crippen LogP contribution in [0.15, 0.2) is 77.7 Å². The second-order valence-corrected chi connectivity index (χ2v) is 11.1. The number of fused-ring (bicyclic) bond motifs is 1. The van der Waals surface area contributed by atoms with E-state index in [2.05, 4.69) is 13.8 Å². The van der Waals surface area contributed by atoms with Gasteiger partial charge in [0.15, 0.2) is 5.75 Å². The van der Waals surface area contributed by atoms with E-state index in [4.69, 9.17) is 16.3 Å². The van der Waals surface area contributed by atoms with E-state index < -0.39 is 10.0 Å². The van der Waals surface area contributed by atoms with Crippen molar-refractivity contribution in [3.63, 3.8) is 0 Å². The van der Waals surface area contributed by atoms with Crippen molar-refractivity contribution in [2.45, 2.75) is 24.7 Å². The number of aromatic nitrogens is 1. The summed E-state index contributed by atoms with van der Waals surface area (Å²) in [6, 6.07) is 21.8. The van der Waals surface area contributed by atoms with Crippen molar-refractivity contribution in [1.29, 1.82) is 0 Å². The van der Waals surface area contributed by atoms with Crippen molar-refractivity contribution < 1.29 is 13.2 Å². The highest BCUT2D eigenvalue weighted by atomic mass is 35.5. The van der Waals surface area contributed by atoms with Gasteiger partial charge in [0.05, 0.1) is 10.4 Å². The van der Waals surface area contributed by atoms with Crippen LogP contribution < -0.4 is 4.74 Å². The maximum Gasteiger partial charge on any atom is 0.268 e. The van der Waals surface area contributed by atoms with E-state index in [1.165, 1.54) is 3.97 Å². The normalized spacial score (nSPS) is 12.1. The average Bonchev–Trinajstić information content (AvgIpc) is 3.13.